The number of nitrogens with two attached hydrogens (primary N) is 2. The number of pyridine rings is 1. The molecule has 0 radical (unpaired) electrons. The number of carbonyl (C=O) groups is 3. The Balaban J connectivity index is 1.19. The first kappa shape index (κ1) is 39.1. The Morgan fingerprint density at radius 3 is 2.48 bits per heavy atom. The number of aliphatic imine (C=N–C) groups is 1. The summed E-state index contributed by atoms with van der Waals surface area (Å²) >= 11 is 0. The van der Waals surface area contributed by atoms with Crippen molar-refractivity contribution in [2.75, 3.05) is 51.3 Å². The maximum Gasteiger partial charge on any atom is 0.408 e. The SMILES string of the molecule is CC(C)N=C(N)/C=C\Nc1cc(OC2CC(C(N)=O)N(C(=O)C(NC(=O)OC3CC4C[C@H]4C3)C(C)(C)C)C2)c2ccc(OCCN3CCOCC3)cc2n1. The fourth-order valence-corrected chi connectivity index (χ4v) is 7.56. The van der Waals surface area contributed by atoms with Gasteiger partial charge in [-0.3, -0.25) is 19.5 Å². The van der Waals surface area contributed by atoms with Crippen LogP contribution in [0.2, 0.25) is 0 Å². The van der Waals surface area contributed by atoms with Crippen LogP contribution in [-0.4, -0.2) is 115 Å². The number of carbonyl (C=O) groups excluding carboxylic acids is 3. The number of amidine groups is 1. The number of primary amides is 1. The Hall–Kier alpha value is -4.63. The Bertz CT molecular complexity index is 1730. The van der Waals surface area contributed by atoms with Crippen LogP contribution < -0.4 is 31.6 Å². The number of anilines is 1. The Morgan fingerprint density at radius 1 is 1.06 bits per heavy atom. The van der Waals surface area contributed by atoms with Crippen LogP contribution in [0.15, 0.2) is 41.5 Å². The second kappa shape index (κ2) is 16.8. The summed E-state index contributed by atoms with van der Waals surface area (Å²) in [5.74, 6) is 2.21. The molecule has 15 heteroatoms. The molecule has 3 amide bonds. The summed E-state index contributed by atoms with van der Waals surface area (Å²) in [5.41, 5.74) is 11.8. The van der Waals surface area contributed by atoms with E-state index >= 15 is 0 Å². The highest BCUT2D eigenvalue weighted by Gasteiger charge is 2.48. The number of nitrogens with one attached hydrogen (secondary N) is 2. The number of likely N-dealkylation sites (tertiary alicyclic amines) is 1. The third kappa shape index (κ3) is 10.1. The number of benzene rings is 1. The fraction of sp³-hybridized carbons (Fsp3) is 0.615. The van der Waals surface area contributed by atoms with Gasteiger partial charge in [0.1, 0.15) is 54.1 Å². The number of amides is 3. The van der Waals surface area contributed by atoms with Gasteiger partial charge in [0.05, 0.1) is 25.3 Å². The number of fused-ring (bicyclic) bond motifs is 2. The second-order valence-electron chi connectivity index (χ2n) is 16.2. The highest BCUT2D eigenvalue weighted by Crippen LogP contribution is 2.52. The Morgan fingerprint density at radius 2 is 1.80 bits per heavy atom. The molecular weight excluding hydrogens is 692 g/mol. The highest BCUT2D eigenvalue weighted by atomic mass is 16.6. The number of ether oxygens (including phenoxy) is 4. The topological polar surface area (TPSA) is 196 Å². The lowest BCUT2D eigenvalue weighted by atomic mass is 9.85. The van der Waals surface area contributed by atoms with Crippen molar-refractivity contribution in [2.45, 2.75) is 90.6 Å². The zero-order chi connectivity index (χ0) is 38.6. The van der Waals surface area contributed by atoms with Crippen molar-refractivity contribution >= 4 is 40.5 Å². The predicted molar refractivity (Wildman–Crippen MR) is 205 cm³/mol. The van der Waals surface area contributed by atoms with Gasteiger partial charge < -0.3 is 45.9 Å². The molecule has 2 saturated heterocycles. The van der Waals surface area contributed by atoms with Crippen molar-refractivity contribution in [1.82, 2.24) is 20.1 Å². The van der Waals surface area contributed by atoms with Crippen LogP contribution in [0.3, 0.4) is 0 Å². The summed E-state index contributed by atoms with van der Waals surface area (Å²) in [4.78, 5) is 52.9. The average molecular weight is 749 g/mol. The van der Waals surface area contributed by atoms with Gasteiger partial charge in [0, 0.05) is 55.8 Å². The molecule has 2 aliphatic heterocycles. The van der Waals surface area contributed by atoms with Crippen LogP contribution in [0.25, 0.3) is 10.9 Å². The van der Waals surface area contributed by atoms with Crippen LogP contribution in [0.1, 0.15) is 60.3 Å². The summed E-state index contributed by atoms with van der Waals surface area (Å²) in [6.07, 6.45) is 5.06. The Labute approximate surface area is 317 Å². The molecule has 6 N–H and O–H groups in total. The van der Waals surface area contributed by atoms with Gasteiger partial charge in [0.25, 0.3) is 0 Å². The number of alkyl carbamates (subject to hydrolysis) is 1. The molecule has 3 heterocycles. The molecule has 1 aromatic heterocycles. The molecular formula is C39H56N8O7. The quantitative estimate of drug-likeness (QED) is 0.163. The third-order valence-corrected chi connectivity index (χ3v) is 10.4. The molecule has 1 aromatic carbocycles. The molecule has 0 bridgehead atoms. The molecule has 4 aliphatic rings. The minimum Gasteiger partial charge on any atom is -0.492 e. The molecule has 4 fully saturated rings. The zero-order valence-electron chi connectivity index (χ0n) is 32.1. The van der Waals surface area contributed by atoms with Crippen LogP contribution >= 0.6 is 0 Å². The second-order valence-corrected chi connectivity index (χ2v) is 16.2. The van der Waals surface area contributed by atoms with Gasteiger partial charge in [0.15, 0.2) is 0 Å². The van der Waals surface area contributed by atoms with E-state index in [-0.39, 0.29) is 25.1 Å². The molecule has 2 aliphatic carbocycles. The van der Waals surface area contributed by atoms with Gasteiger partial charge in [-0.15, -0.1) is 0 Å². The molecule has 5 unspecified atom stereocenters. The van der Waals surface area contributed by atoms with E-state index in [4.69, 9.17) is 35.4 Å². The lowest BCUT2D eigenvalue weighted by molar-refractivity contribution is -0.141. The summed E-state index contributed by atoms with van der Waals surface area (Å²) in [6.45, 7) is 14.0. The summed E-state index contributed by atoms with van der Waals surface area (Å²) in [5, 5.41) is 6.70. The van der Waals surface area contributed by atoms with Crippen molar-refractivity contribution in [1.29, 1.82) is 0 Å². The van der Waals surface area contributed by atoms with Crippen molar-refractivity contribution in [3.8, 4) is 11.5 Å². The summed E-state index contributed by atoms with van der Waals surface area (Å²) in [7, 11) is 0. The van der Waals surface area contributed by atoms with Gasteiger partial charge in [-0.1, -0.05) is 20.8 Å². The lowest BCUT2D eigenvalue weighted by Crippen LogP contribution is -2.57. The van der Waals surface area contributed by atoms with Crippen LogP contribution in [0.4, 0.5) is 10.6 Å². The Kier molecular flexibility index (Phi) is 12.2. The van der Waals surface area contributed by atoms with Crippen LogP contribution in [0, 0.1) is 17.3 Å². The van der Waals surface area contributed by atoms with Gasteiger partial charge >= 0.3 is 6.09 Å². The first-order valence-electron chi connectivity index (χ1n) is 19.1. The number of rotatable bonds is 14. The van der Waals surface area contributed by atoms with E-state index in [9.17, 15) is 14.4 Å². The van der Waals surface area contributed by atoms with E-state index in [0.29, 0.717) is 52.5 Å². The molecule has 294 valence electrons. The molecule has 2 saturated carbocycles. The van der Waals surface area contributed by atoms with E-state index in [0.717, 1.165) is 45.7 Å². The van der Waals surface area contributed by atoms with E-state index < -0.39 is 41.5 Å². The van der Waals surface area contributed by atoms with Crippen molar-refractivity contribution < 1.29 is 33.3 Å². The molecule has 0 spiro atoms. The number of nitrogens with zero attached hydrogens (tertiary/aromatic N) is 4. The summed E-state index contributed by atoms with van der Waals surface area (Å²) in [6, 6.07) is 5.52. The van der Waals surface area contributed by atoms with E-state index in [2.05, 4.69) is 20.5 Å². The molecule has 15 nitrogen and oxygen atoms in total. The van der Waals surface area contributed by atoms with Gasteiger partial charge in [-0.2, -0.15) is 0 Å². The fourth-order valence-electron chi connectivity index (χ4n) is 7.56. The van der Waals surface area contributed by atoms with E-state index in [1.807, 2.05) is 52.8 Å². The maximum absolute atomic E-state index is 14.2. The number of hydrogen-bond donors (Lipinski definition) is 4. The van der Waals surface area contributed by atoms with Crippen LogP contribution in [0.5, 0.6) is 11.5 Å². The first-order valence-corrected chi connectivity index (χ1v) is 19.1. The predicted octanol–water partition coefficient (Wildman–Crippen LogP) is 3.41. The van der Waals surface area contributed by atoms with Crippen molar-refractivity contribution in [3.63, 3.8) is 0 Å². The molecule has 54 heavy (non-hydrogen) atoms. The largest absolute Gasteiger partial charge is 0.492 e. The van der Waals surface area contributed by atoms with Crippen LogP contribution in [-0.2, 0) is 19.1 Å². The maximum atomic E-state index is 14.2. The van der Waals surface area contributed by atoms with Gasteiger partial charge in [0.2, 0.25) is 11.8 Å². The van der Waals surface area contributed by atoms with E-state index in [1.54, 1.807) is 18.3 Å². The highest BCUT2D eigenvalue weighted by molar-refractivity contribution is 5.93. The molecule has 6 atom stereocenters. The minimum atomic E-state index is -0.959. The standard InChI is InChI=1S/C39H56N8O7/c1-23(2)43-33(40)8-9-42-34-21-32(29-7-6-26(19-30(29)44-34)52-15-12-46-10-13-51-14-11-46)53-28-20-31(36(41)48)47(22-28)37(49)35(39(3,4)5)45-38(50)54-27-17-24-16-25(24)18-27/h6-9,19,21,23-25,27-28,31,35H,10-18,20,22H2,1-5H3,(H2,40,43)(H2,41,48)(H,42,44)(H,45,50)/b9-8-/t24-,25?,27?,28?,31?,35?/m0/s1. The molecule has 6 rings (SSSR count). The van der Waals surface area contributed by atoms with Gasteiger partial charge in [-0.05, 0) is 68.6 Å². The average Bonchev–Trinajstić information content (AvgIpc) is 3.49. The number of hydrogen-bond acceptors (Lipinski definition) is 11. The third-order valence-electron chi connectivity index (χ3n) is 10.4. The van der Waals surface area contributed by atoms with E-state index in [1.165, 1.54) is 11.3 Å². The molecule has 2 aromatic rings. The van der Waals surface area contributed by atoms with Gasteiger partial charge in [-0.25, -0.2) is 9.78 Å². The first-order chi connectivity index (χ1) is 25.7. The zero-order valence-corrected chi connectivity index (χ0v) is 32.1. The lowest BCUT2D eigenvalue weighted by Gasteiger charge is -2.35. The van der Waals surface area contributed by atoms with Crippen molar-refractivity contribution in [3.05, 3.63) is 36.5 Å². The number of morpholine rings is 1. The van der Waals surface area contributed by atoms with Crippen molar-refractivity contribution in [2.24, 2.45) is 33.7 Å². The number of aromatic nitrogens is 1. The normalized spacial score (nSPS) is 25.1. The minimum absolute atomic E-state index is 0.0443. The smallest absolute Gasteiger partial charge is 0.408 e. The summed E-state index contributed by atoms with van der Waals surface area (Å²) < 4.78 is 23.9. The monoisotopic (exact) mass is 748 g/mol.